The molecular weight excluding hydrogens is 352 g/mol. The summed E-state index contributed by atoms with van der Waals surface area (Å²) in [7, 11) is 0. The van der Waals surface area contributed by atoms with E-state index >= 15 is 0 Å². The van der Waals surface area contributed by atoms with Crippen molar-refractivity contribution in [2.45, 2.75) is 19.4 Å². The minimum atomic E-state index is -1.38. The van der Waals surface area contributed by atoms with Gasteiger partial charge in [0.1, 0.15) is 6.10 Å². The molecule has 2 unspecified atom stereocenters. The Morgan fingerprint density at radius 2 is 1.82 bits per heavy atom. The zero-order valence-electron chi connectivity index (χ0n) is 11.8. The largest absolute Gasteiger partial charge is 0.481 e. The molecule has 6 heteroatoms. The highest BCUT2D eigenvalue weighted by Crippen LogP contribution is 2.44. The Morgan fingerprint density at radius 1 is 1.23 bits per heavy atom. The molecule has 0 aromatic heterocycles. The van der Waals surface area contributed by atoms with Crippen molar-refractivity contribution in [3.8, 4) is 0 Å². The molecule has 22 heavy (non-hydrogen) atoms. The molecule has 5 nitrogen and oxygen atoms in total. The fourth-order valence-corrected chi connectivity index (χ4v) is 3.04. The number of carboxylic acid groups (broad SMARTS) is 2. The molecule has 0 heterocycles. The zero-order chi connectivity index (χ0) is 16.5. The normalized spacial score (nSPS) is 23.0. The molecule has 3 N–H and O–H groups in total. The summed E-state index contributed by atoms with van der Waals surface area (Å²) in [6, 6.07) is 8.67. The van der Waals surface area contributed by atoms with Crippen LogP contribution in [-0.4, -0.2) is 27.3 Å². The van der Waals surface area contributed by atoms with Crippen molar-refractivity contribution in [1.82, 2.24) is 0 Å². The van der Waals surface area contributed by atoms with Gasteiger partial charge in [-0.15, -0.1) is 0 Å². The Morgan fingerprint density at radius 3 is 2.32 bits per heavy atom. The number of halogens is 1. The summed E-state index contributed by atoms with van der Waals surface area (Å²) in [5, 5.41) is 29.2. The lowest BCUT2D eigenvalue weighted by Crippen LogP contribution is -2.31. The lowest BCUT2D eigenvalue weighted by molar-refractivity contribution is -0.145. The summed E-state index contributed by atoms with van der Waals surface area (Å²) in [6.07, 6.45) is 0.163. The van der Waals surface area contributed by atoms with Gasteiger partial charge in [0.2, 0.25) is 0 Å². The maximum Gasteiger partial charge on any atom is 0.332 e. The first-order valence-corrected chi connectivity index (χ1v) is 7.37. The Bertz CT molecular complexity index is 677. The van der Waals surface area contributed by atoms with Gasteiger partial charge in [-0.25, -0.2) is 4.79 Å². The van der Waals surface area contributed by atoms with Crippen molar-refractivity contribution in [2.24, 2.45) is 5.41 Å². The lowest BCUT2D eigenvalue weighted by Gasteiger charge is -2.30. The van der Waals surface area contributed by atoms with Gasteiger partial charge in [0.15, 0.2) is 0 Å². The van der Waals surface area contributed by atoms with Gasteiger partial charge in [-0.3, -0.25) is 4.79 Å². The molecule has 1 aliphatic carbocycles. The number of benzene rings is 1. The summed E-state index contributed by atoms with van der Waals surface area (Å²) in [6.45, 7) is 1.44. The van der Waals surface area contributed by atoms with Gasteiger partial charge < -0.3 is 15.3 Å². The number of carboxylic acids is 2. The molecule has 1 aromatic rings. The predicted molar refractivity (Wildman–Crippen MR) is 83.4 cm³/mol. The highest BCUT2D eigenvalue weighted by molar-refractivity contribution is 9.12. The molecule has 0 aliphatic heterocycles. The van der Waals surface area contributed by atoms with E-state index in [0.717, 1.165) is 0 Å². The summed E-state index contributed by atoms with van der Waals surface area (Å²) < 4.78 is 0.232. The lowest BCUT2D eigenvalue weighted by atomic mass is 9.76. The number of hydrogen-bond acceptors (Lipinski definition) is 3. The second-order valence-corrected chi connectivity index (χ2v) is 6.20. The summed E-state index contributed by atoms with van der Waals surface area (Å²) in [5.41, 5.74) is -0.627. The van der Waals surface area contributed by atoms with E-state index in [2.05, 4.69) is 15.9 Å². The van der Waals surface area contributed by atoms with Crippen molar-refractivity contribution in [1.29, 1.82) is 0 Å². The van der Waals surface area contributed by atoms with Crippen LogP contribution in [0.1, 0.15) is 25.0 Å². The van der Waals surface area contributed by atoms with Crippen LogP contribution in [-0.2, 0) is 9.59 Å². The van der Waals surface area contributed by atoms with Crippen LogP contribution in [0, 0.1) is 5.41 Å². The van der Waals surface area contributed by atoms with Crippen molar-refractivity contribution in [2.75, 3.05) is 0 Å². The average Bonchev–Trinajstić information content (AvgIpc) is 2.49. The Hall–Kier alpha value is -1.92. The highest BCUT2D eigenvalue weighted by atomic mass is 79.9. The van der Waals surface area contributed by atoms with Gasteiger partial charge in [0, 0.05) is 10.9 Å². The predicted octanol–water partition coefficient (Wildman–Crippen LogP) is 2.87. The van der Waals surface area contributed by atoms with Crippen LogP contribution >= 0.6 is 15.9 Å². The molecule has 1 aromatic carbocycles. The number of aliphatic hydroxyl groups is 1. The van der Waals surface area contributed by atoms with Crippen LogP contribution in [0.3, 0.4) is 0 Å². The van der Waals surface area contributed by atoms with Gasteiger partial charge in [-0.2, -0.15) is 0 Å². The van der Waals surface area contributed by atoms with Gasteiger partial charge in [-0.05, 0) is 34.0 Å². The summed E-state index contributed by atoms with van der Waals surface area (Å²) >= 11 is 3.20. The van der Waals surface area contributed by atoms with Crippen molar-refractivity contribution >= 4 is 27.9 Å². The number of aliphatic hydroxyl groups excluding tert-OH is 1. The first kappa shape index (κ1) is 16.5. The summed E-state index contributed by atoms with van der Waals surface area (Å²) in [5.74, 6) is -2.34. The first-order valence-electron chi connectivity index (χ1n) is 6.58. The number of rotatable bonds is 4. The fourth-order valence-electron chi connectivity index (χ4n) is 2.40. The number of aliphatic carboxylic acids is 2. The molecule has 0 bridgehead atoms. The highest BCUT2D eigenvalue weighted by Gasteiger charge is 2.40. The average molecular weight is 367 g/mol. The second-order valence-electron chi connectivity index (χ2n) is 5.41. The monoisotopic (exact) mass is 366 g/mol. The van der Waals surface area contributed by atoms with Crippen molar-refractivity contribution in [3.05, 3.63) is 57.6 Å². The van der Waals surface area contributed by atoms with E-state index in [1.807, 2.05) is 0 Å². The van der Waals surface area contributed by atoms with Crippen LogP contribution in [0.2, 0.25) is 0 Å². The number of hydrogen-bond donors (Lipinski definition) is 3. The smallest absolute Gasteiger partial charge is 0.332 e. The van der Waals surface area contributed by atoms with E-state index in [-0.39, 0.29) is 22.0 Å². The quantitative estimate of drug-likeness (QED) is 0.761. The van der Waals surface area contributed by atoms with Gasteiger partial charge >= 0.3 is 11.9 Å². The van der Waals surface area contributed by atoms with E-state index < -0.39 is 23.5 Å². The third kappa shape index (κ3) is 2.98. The van der Waals surface area contributed by atoms with E-state index in [0.29, 0.717) is 5.56 Å². The van der Waals surface area contributed by atoms with Gasteiger partial charge in [-0.1, -0.05) is 36.4 Å². The van der Waals surface area contributed by atoms with Crippen LogP contribution < -0.4 is 0 Å². The van der Waals surface area contributed by atoms with E-state index in [9.17, 15) is 24.9 Å². The molecule has 0 saturated heterocycles. The third-order valence-electron chi connectivity index (χ3n) is 3.69. The number of carbonyl (C=O) groups is 2. The Balaban J connectivity index is 2.56. The topological polar surface area (TPSA) is 94.8 Å². The second kappa shape index (κ2) is 6.06. The minimum absolute atomic E-state index is 0.0580. The van der Waals surface area contributed by atoms with Gasteiger partial charge in [0.05, 0.1) is 11.0 Å². The Labute approximate surface area is 135 Å². The van der Waals surface area contributed by atoms with Crippen molar-refractivity contribution in [3.63, 3.8) is 0 Å². The van der Waals surface area contributed by atoms with Gasteiger partial charge in [0.25, 0.3) is 0 Å². The van der Waals surface area contributed by atoms with E-state index in [4.69, 9.17) is 0 Å². The van der Waals surface area contributed by atoms with E-state index in [1.54, 1.807) is 30.3 Å². The molecule has 2 rings (SSSR count). The maximum absolute atomic E-state index is 11.5. The Kier molecular flexibility index (Phi) is 4.53. The van der Waals surface area contributed by atoms with Crippen LogP contribution in [0.5, 0.6) is 0 Å². The SMILES string of the molecule is CC1(C(=O)O)C=C(C(O)c2ccccc2)C(Br)=C(C(=O)O)C1. The minimum Gasteiger partial charge on any atom is -0.481 e. The molecule has 2 atom stereocenters. The van der Waals surface area contributed by atoms with E-state index in [1.165, 1.54) is 13.0 Å². The molecule has 0 saturated carbocycles. The van der Waals surface area contributed by atoms with Crippen LogP contribution in [0.15, 0.2) is 52.0 Å². The molecule has 0 amide bonds. The maximum atomic E-state index is 11.5. The molecule has 0 radical (unpaired) electrons. The molecule has 116 valence electrons. The third-order valence-corrected chi connectivity index (χ3v) is 4.63. The fraction of sp³-hybridized carbons (Fsp3) is 0.250. The summed E-state index contributed by atoms with van der Waals surface area (Å²) in [4.78, 5) is 22.9. The van der Waals surface area contributed by atoms with Crippen LogP contribution in [0.4, 0.5) is 0 Å². The first-order chi connectivity index (χ1) is 10.3. The zero-order valence-corrected chi connectivity index (χ0v) is 13.4. The standard InChI is InChI=1S/C16H15BrO5/c1-16(15(21)22)7-10(12(17)11(8-16)14(19)20)13(18)9-5-3-2-4-6-9/h2-7,13,18H,8H2,1H3,(H,19,20)(H,21,22). The molecule has 0 fully saturated rings. The molecular formula is C16H15BrO5. The van der Waals surface area contributed by atoms with Crippen LogP contribution in [0.25, 0.3) is 0 Å². The van der Waals surface area contributed by atoms with Crippen molar-refractivity contribution < 1.29 is 24.9 Å². The molecule has 0 spiro atoms. The molecule has 1 aliphatic rings.